The van der Waals surface area contributed by atoms with Gasteiger partial charge in [0.15, 0.2) is 0 Å². The topological polar surface area (TPSA) is 57.5 Å². The molecule has 0 radical (unpaired) electrons. The summed E-state index contributed by atoms with van der Waals surface area (Å²) in [6.45, 7) is 0. The number of hydrogen-bond acceptors (Lipinski definition) is 3. The van der Waals surface area contributed by atoms with E-state index in [0.717, 1.165) is 11.8 Å². The van der Waals surface area contributed by atoms with E-state index in [4.69, 9.17) is 45.0 Å². The largest absolute Gasteiger partial charge is 0.481 e. The first-order valence-electron chi connectivity index (χ1n) is 2.92. The first-order valence-corrected chi connectivity index (χ1v) is 5.10. The van der Waals surface area contributed by atoms with Gasteiger partial charge >= 0.3 is 5.97 Å². The molecule has 3 nitrogen and oxygen atoms in total. The molecule has 0 aliphatic heterocycles. The van der Waals surface area contributed by atoms with Crippen LogP contribution in [0, 0.1) is 0 Å². The molecule has 7 heteroatoms. The van der Waals surface area contributed by atoms with Crippen LogP contribution in [0.1, 0.15) is 6.42 Å². The Kier molecular flexibility index (Phi) is 5.69. The highest BCUT2D eigenvalue weighted by Crippen LogP contribution is 2.35. The normalized spacial score (nSPS) is 14.3. The predicted octanol–water partition coefficient (Wildman–Crippen LogP) is 1.88. The van der Waals surface area contributed by atoms with E-state index in [1.165, 1.54) is 0 Å². The molecule has 1 atom stereocenters. The highest BCUT2D eigenvalue weighted by molar-refractivity contribution is 8.00. The Bertz CT molecular complexity index is 159. The number of aliphatic hydroxyl groups excluding tert-OH is 1. The summed E-state index contributed by atoms with van der Waals surface area (Å²) in [7, 11) is 0. The summed E-state index contributed by atoms with van der Waals surface area (Å²) in [6.07, 6.45) is -0.0670. The first-order chi connectivity index (χ1) is 5.34. The molecule has 0 aliphatic rings. The lowest BCUT2D eigenvalue weighted by Gasteiger charge is -2.17. The number of aliphatic hydroxyl groups is 1. The molecule has 2 N–H and O–H groups in total. The summed E-state index contributed by atoms with van der Waals surface area (Å²) >= 11 is 16.8. The number of alkyl halides is 3. The average Bonchev–Trinajstić information content (AvgIpc) is 1.84. The van der Waals surface area contributed by atoms with Gasteiger partial charge < -0.3 is 10.2 Å². The second kappa shape index (κ2) is 5.40. The number of thioether (sulfide) groups is 1. The van der Waals surface area contributed by atoms with Gasteiger partial charge in [0, 0.05) is 5.75 Å². The third kappa shape index (κ3) is 6.20. The van der Waals surface area contributed by atoms with E-state index in [9.17, 15) is 4.79 Å². The summed E-state index contributed by atoms with van der Waals surface area (Å²) in [5.74, 6) is -0.733. The van der Waals surface area contributed by atoms with Crippen molar-refractivity contribution in [1.82, 2.24) is 0 Å². The van der Waals surface area contributed by atoms with Gasteiger partial charge in [0.1, 0.15) is 5.44 Å². The summed E-state index contributed by atoms with van der Waals surface area (Å²) in [5, 5.41) is 17.3. The maximum absolute atomic E-state index is 10.0. The molecule has 0 fully saturated rings. The van der Waals surface area contributed by atoms with Crippen LogP contribution < -0.4 is 0 Å². The third-order valence-electron chi connectivity index (χ3n) is 0.872. The second-order valence-electron chi connectivity index (χ2n) is 1.91. The van der Waals surface area contributed by atoms with Crippen molar-refractivity contribution in [2.45, 2.75) is 15.6 Å². The Labute approximate surface area is 89.0 Å². The minimum absolute atomic E-state index is 0.0670. The molecular weight excluding hydrogens is 246 g/mol. The fourth-order valence-corrected chi connectivity index (χ4v) is 1.62. The average molecular weight is 254 g/mol. The van der Waals surface area contributed by atoms with E-state index in [1.54, 1.807) is 0 Å². The number of carboxylic acids is 1. The number of carboxylic acid groups (broad SMARTS) is 1. The zero-order valence-corrected chi connectivity index (χ0v) is 8.92. The lowest BCUT2D eigenvalue weighted by Crippen LogP contribution is -2.22. The van der Waals surface area contributed by atoms with Crippen molar-refractivity contribution in [3.63, 3.8) is 0 Å². The van der Waals surface area contributed by atoms with Gasteiger partial charge in [0.2, 0.25) is 3.79 Å². The highest BCUT2D eigenvalue weighted by Gasteiger charge is 2.30. The molecule has 0 spiro atoms. The van der Waals surface area contributed by atoms with Crippen molar-refractivity contribution in [3.05, 3.63) is 0 Å². The molecular formula is C5H7Cl3O3S. The quantitative estimate of drug-likeness (QED) is 0.593. The van der Waals surface area contributed by atoms with Gasteiger partial charge in [-0.1, -0.05) is 34.8 Å². The minimum atomic E-state index is -1.76. The zero-order valence-electron chi connectivity index (χ0n) is 5.84. The molecule has 0 saturated carbocycles. The minimum Gasteiger partial charge on any atom is -0.481 e. The van der Waals surface area contributed by atoms with E-state index in [-0.39, 0.29) is 12.2 Å². The van der Waals surface area contributed by atoms with Gasteiger partial charge in [0.25, 0.3) is 0 Å². The van der Waals surface area contributed by atoms with Gasteiger partial charge in [-0.3, -0.25) is 4.79 Å². The molecule has 1 unspecified atom stereocenters. The number of halogens is 3. The Hall–Kier alpha value is 0.650. The van der Waals surface area contributed by atoms with Crippen molar-refractivity contribution < 1.29 is 15.0 Å². The number of carbonyl (C=O) groups is 1. The van der Waals surface area contributed by atoms with Crippen molar-refractivity contribution in [2.75, 3.05) is 5.75 Å². The van der Waals surface area contributed by atoms with Crippen LogP contribution in [0.4, 0.5) is 0 Å². The Morgan fingerprint density at radius 2 is 2.00 bits per heavy atom. The van der Waals surface area contributed by atoms with Gasteiger partial charge in [-0.2, -0.15) is 0 Å². The van der Waals surface area contributed by atoms with E-state index < -0.39 is 15.2 Å². The van der Waals surface area contributed by atoms with Crippen molar-refractivity contribution >= 4 is 52.5 Å². The molecule has 12 heavy (non-hydrogen) atoms. The Morgan fingerprint density at radius 1 is 1.50 bits per heavy atom. The van der Waals surface area contributed by atoms with Crippen LogP contribution >= 0.6 is 46.6 Å². The fourth-order valence-electron chi connectivity index (χ4n) is 0.352. The van der Waals surface area contributed by atoms with Crippen molar-refractivity contribution in [3.8, 4) is 0 Å². The predicted molar refractivity (Wildman–Crippen MR) is 51.0 cm³/mol. The van der Waals surface area contributed by atoms with Crippen LogP contribution in [0.15, 0.2) is 0 Å². The van der Waals surface area contributed by atoms with Crippen LogP contribution in [0.5, 0.6) is 0 Å². The maximum Gasteiger partial charge on any atom is 0.304 e. The van der Waals surface area contributed by atoms with E-state index in [1.807, 2.05) is 0 Å². The van der Waals surface area contributed by atoms with E-state index >= 15 is 0 Å². The van der Waals surface area contributed by atoms with Crippen molar-refractivity contribution in [2.24, 2.45) is 0 Å². The van der Waals surface area contributed by atoms with E-state index in [0.29, 0.717) is 0 Å². The lowest BCUT2D eigenvalue weighted by atomic mass is 10.5. The number of aliphatic carboxylic acids is 1. The van der Waals surface area contributed by atoms with Crippen LogP contribution in [0.3, 0.4) is 0 Å². The van der Waals surface area contributed by atoms with E-state index in [2.05, 4.69) is 0 Å². The van der Waals surface area contributed by atoms with Crippen LogP contribution in [0.25, 0.3) is 0 Å². The number of rotatable bonds is 4. The molecule has 0 aliphatic carbocycles. The summed E-state index contributed by atoms with van der Waals surface area (Å²) in [4.78, 5) is 10.0. The molecule has 0 saturated heterocycles. The Balaban J connectivity index is 3.58. The maximum atomic E-state index is 10.0. The summed E-state index contributed by atoms with van der Waals surface area (Å²) in [5.41, 5.74) is -1.19. The van der Waals surface area contributed by atoms with Crippen LogP contribution in [0.2, 0.25) is 0 Å². The summed E-state index contributed by atoms with van der Waals surface area (Å²) in [6, 6.07) is 0. The molecule has 0 heterocycles. The van der Waals surface area contributed by atoms with Crippen molar-refractivity contribution in [1.29, 1.82) is 0 Å². The van der Waals surface area contributed by atoms with Gasteiger partial charge in [-0.05, 0) is 0 Å². The lowest BCUT2D eigenvalue weighted by molar-refractivity contribution is -0.136. The molecule has 0 rings (SSSR count). The molecule has 0 bridgehead atoms. The standard InChI is InChI=1S/C5H7Cl3O3S/c6-5(7,8)4(11)12-2-1-3(9)10/h4,11H,1-2H2,(H,9,10). The Morgan fingerprint density at radius 3 is 2.33 bits per heavy atom. The van der Waals surface area contributed by atoms with Gasteiger partial charge in [-0.25, -0.2) is 0 Å². The SMILES string of the molecule is O=C(O)CCSC(O)C(Cl)(Cl)Cl. The van der Waals surface area contributed by atoms with Crippen LogP contribution in [-0.2, 0) is 4.79 Å². The first kappa shape index (κ1) is 12.7. The van der Waals surface area contributed by atoms with Gasteiger partial charge in [0.05, 0.1) is 6.42 Å². The molecule has 72 valence electrons. The fraction of sp³-hybridized carbons (Fsp3) is 0.800. The highest BCUT2D eigenvalue weighted by atomic mass is 35.6. The zero-order chi connectivity index (χ0) is 9.78. The molecule has 0 aromatic carbocycles. The van der Waals surface area contributed by atoms with Gasteiger partial charge in [-0.15, -0.1) is 11.8 Å². The molecule has 0 aromatic rings. The smallest absolute Gasteiger partial charge is 0.304 e. The third-order valence-corrected chi connectivity index (χ3v) is 2.99. The molecule has 0 amide bonds. The molecule has 0 aromatic heterocycles. The van der Waals surface area contributed by atoms with Crippen LogP contribution in [-0.4, -0.2) is 31.2 Å². The monoisotopic (exact) mass is 252 g/mol. The number of hydrogen-bond donors (Lipinski definition) is 2. The summed E-state index contributed by atoms with van der Waals surface area (Å²) < 4.78 is -1.76. The second-order valence-corrected chi connectivity index (χ2v) is 5.47.